The summed E-state index contributed by atoms with van der Waals surface area (Å²) in [5.41, 5.74) is -0.519. The van der Waals surface area contributed by atoms with Gasteiger partial charge in [0.15, 0.2) is 0 Å². The summed E-state index contributed by atoms with van der Waals surface area (Å²) in [6.45, 7) is 7.06. The van der Waals surface area contributed by atoms with Gasteiger partial charge in [-0.15, -0.1) is 0 Å². The summed E-state index contributed by atoms with van der Waals surface area (Å²) in [7, 11) is 3.46. The highest BCUT2D eigenvalue weighted by Crippen LogP contribution is 2.16. The fraction of sp³-hybridized carbons (Fsp3) is 0.941. The van der Waals surface area contributed by atoms with Crippen molar-refractivity contribution >= 4 is 5.97 Å². The Kier molecular flexibility index (Phi) is 10.8. The molecule has 0 atom stereocenters. The van der Waals surface area contributed by atoms with Crippen molar-refractivity contribution in [1.82, 2.24) is 4.90 Å². The van der Waals surface area contributed by atoms with Crippen LogP contribution in [0.15, 0.2) is 0 Å². The molecule has 0 spiro atoms. The van der Waals surface area contributed by atoms with E-state index in [1.807, 2.05) is 20.9 Å². The van der Waals surface area contributed by atoms with Crippen LogP contribution in [0.3, 0.4) is 0 Å². The smallest absolute Gasteiger partial charge is 0.325 e. The van der Waals surface area contributed by atoms with Gasteiger partial charge in [0.05, 0.1) is 7.11 Å². The molecule has 20 heavy (non-hydrogen) atoms. The standard InChI is InChI=1S/C17H35NO2/c1-6-7-8-9-10-11-12-13-14-15-18(4)17(2,3)16(19)20-5/h6-15H2,1-5H3. The van der Waals surface area contributed by atoms with E-state index in [4.69, 9.17) is 4.74 Å². The molecule has 0 aromatic rings. The first-order chi connectivity index (χ1) is 9.46. The number of hydrogen-bond donors (Lipinski definition) is 0. The number of methoxy groups -OCH3 is 1. The minimum Gasteiger partial charge on any atom is -0.468 e. The molecule has 0 amide bonds. The molecule has 0 aliphatic carbocycles. The van der Waals surface area contributed by atoms with Crippen molar-refractivity contribution in [2.45, 2.75) is 84.1 Å². The fourth-order valence-corrected chi connectivity index (χ4v) is 2.34. The quantitative estimate of drug-likeness (QED) is 0.393. The number of esters is 1. The molecule has 0 N–H and O–H groups in total. The lowest BCUT2D eigenvalue weighted by Gasteiger charge is -2.32. The zero-order valence-electron chi connectivity index (χ0n) is 14.3. The second kappa shape index (κ2) is 11.1. The van der Waals surface area contributed by atoms with E-state index in [0.717, 1.165) is 13.0 Å². The molecule has 0 aliphatic rings. The Labute approximate surface area is 126 Å². The van der Waals surface area contributed by atoms with Crippen molar-refractivity contribution in [3.05, 3.63) is 0 Å². The maximum atomic E-state index is 11.7. The zero-order valence-corrected chi connectivity index (χ0v) is 14.3. The molecule has 0 radical (unpaired) electrons. The molecule has 0 unspecified atom stereocenters. The average Bonchev–Trinajstić information content (AvgIpc) is 2.44. The van der Waals surface area contributed by atoms with E-state index in [9.17, 15) is 4.79 Å². The summed E-state index contributed by atoms with van der Waals surface area (Å²) in [5, 5.41) is 0. The van der Waals surface area contributed by atoms with E-state index in [1.54, 1.807) is 0 Å². The number of ether oxygens (including phenoxy) is 1. The summed E-state index contributed by atoms with van der Waals surface area (Å²) in [5.74, 6) is -0.157. The molecule has 0 bridgehead atoms. The van der Waals surface area contributed by atoms with Crippen LogP contribution in [0.4, 0.5) is 0 Å². The van der Waals surface area contributed by atoms with Crippen LogP contribution in [0.2, 0.25) is 0 Å². The van der Waals surface area contributed by atoms with Crippen molar-refractivity contribution in [3.8, 4) is 0 Å². The molecule has 0 fully saturated rings. The van der Waals surface area contributed by atoms with Gasteiger partial charge in [-0.2, -0.15) is 0 Å². The minimum absolute atomic E-state index is 0.157. The van der Waals surface area contributed by atoms with Crippen LogP contribution >= 0.6 is 0 Å². The lowest BCUT2D eigenvalue weighted by atomic mass is 10.0. The summed E-state index contributed by atoms with van der Waals surface area (Å²) in [6, 6.07) is 0. The van der Waals surface area contributed by atoms with Gasteiger partial charge in [-0.1, -0.05) is 58.3 Å². The van der Waals surface area contributed by atoms with Gasteiger partial charge in [-0.05, 0) is 33.9 Å². The lowest BCUT2D eigenvalue weighted by molar-refractivity contribution is -0.152. The minimum atomic E-state index is -0.519. The third-order valence-electron chi connectivity index (χ3n) is 4.24. The maximum Gasteiger partial charge on any atom is 0.325 e. The first-order valence-corrected chi connectivity index (χ1v) is 8.26. The zero-order chi connectivity index (χ0) is 15.4. The van der Waals surface area contributed by atoms with Crippen LogP contribution in [-0.2, 0) is 9.53 Å². The van der Waals surface area contributed by atoms with Crippen LogP contribution in [0.5, 0.6) is 0 Å². The Bertz CT molecular complexity index is 251. The molecule has 0 aromatic heterocycles. The van der Waals surface area contributed by atoms with Gasteiger partial charge in [0, 0.05) is 0 Å². The summed E-state index contributed by atoms with van der Waals surface area (Å²) >= 11 is 0. The summed E-state index contributed by atoms with van der Waals surface area (Å²) in [4.78, 5) is 13.8. The van der Waals surface area contributed by atoms with Crippen LogP contribution in [0, 0.1) is 0 Å². The van der Waals surface area contributed by atoms with Crippen LogP contribution < -0.4 is 0 Å². The third kappa shape index (κ3) is 7.88. The Morgan fingerprint density at radius 3 is 1.85 bits per heavy atom. The number of likely N-dealkylation sites (N-methyl/N-ethyl adjacent to an activating group) is 1. The van der Waals surface area contributed by atoms with Gasteiger partial charge >= 0.3 is 5.97 Å². The van der Waals surface area contributed by atoms with Crippen LogP contribution in [-0.4, -0.2) is 37.1 Å². The molecule has 0 saturated heterocycles. The molecule has 3 nitrogen and oxygen atoms in total. The van der Waals surface area contributed by atoms with E-state index in [-0.39, 0.29) is 5.97 Å². The molecule has 120 valence electrons. The van der Waals surface area contributed by atoms with Gasteiger partial charge in [0.25, 0.3) is 0 Å². The van der Waals surface area contributed by atoms with Crippen LogP contribution in [0.1, 0.15) is 78.6 Å². The second-order valence-corrected chi connectivity index (χ2v) is 6.30. The molecular formula is C17H35NO2. The first-order valence-electron chi connectivity index (χ1n) is 8.26. The molecule has 0 saturated carbocycles. The fourth-order valence-electron chi connectivity index (χ4n) is 2.34. The van der Waals surface area contributed by atoms with Gasteiger partial charge < -0.3 is 4.74 Å². The number of rotatable bonds is 12. The molecule has 0 rings (SSSR count). The van der Waals surface area contributed by atoms with Crippen molar-refractivity contribution in [3.63, 3.8) is 0 Å². The number of hydrogen-bond acceptors (Lipinski definition) is 3. The predicted molar refractivity (Wildman–Crippen MR) is 86.0 cm³/mol. The summed E-state index contributed by atoms with van der Waals surface area (Å²) < 4.78 is 4.85. The SMILES string of the molecule is CCCCCCCCCCCN(C)C(C)(C)C(=O)OC. The van der Waals surface area contributed by atoms with Gasteiger partial charge in [0.2, 0.25) is 0 Å². The molecule has 0 aliphatic heterocycles. The lowest BCUT2D eigenvalue weighted by Crippen LogP contribution is -2.48. The van der Waals surface area contributed by atoms with Gasteiger partial charge in [-0.25, -0.2) is 0 Å². The Balaban J connectivity index is 3.57. The molecule has 3 heteroatoms. The Morgan fingerprint density at radius 2 is 1.40 bits per heavy atom. The summed E-state index contributed by atoms with van der Waals surface area (Å²) in [6.07, 6.45) is 12.0. The van der Waals surface area contributed by atoms with Crippen LogP contribution in [0.25, 0.3) is 0 Å². The Hall–Kier alpha value is -0.570. The second-order valence-electron chi connectivity index (χ2n) is 6.30. The van der Waals surface area contributed by atoms with E-state index in [1.165, 1.54) is 58.5 Å². The highest BCUT2D eigenvalue weighted by atomic mass is 16.5. The third-order valence-corrected chi connectivity index (χ3v) is 4.24. The highest BCUT2D eigenvalue weighted by Gasteiger charge is 2.32. The molecular weight excluding hydrogens is 250 g/mol. The number of carbonyl (C=O) groups excluding carboxylic acids is 1. The molecule has 0 aromatic carbocycles. The van der Waals surface area contributed by atoms with E-state index >= 15 is 0 Å². The first kappa shape index (κ1) is 19.4. The normalized spacial score (nSPS) is 11.9. The topological polar surface area (TPSA) is 29.5 Å². The largest absolute Gasteiger partial charge is 0.468 e. The average molecular weight is 285 g/mol. The monoisotopic (exact) mass is 285 g/mol. The Morgan fingerprint density at radius 1 is 0.950 bits per heavy atom. The van der Waals surface area contributed by atoms with Gasteiger partial charge in [-0.3, -0.25) is 9.69 Å². The van der Waals surface area contributed by atoms with E-state index in [2.05, 4.69) is 11.8 Å². The predicted octanol–water partition coefficient (Wildman–Crippen LogP) is 4.40. The van der Waals surface area contributed by atoms with Crippen molar-refractivity contribution in [2.75, 3.05) is 20.7 Å². The maximum absolute atomic E-state index is 11.7. The highest BCUT2D eigenvalue weighted by molar-refractivity contribution is 5.79. The van der Waals surface area contributed by atoms with Crippen molar-refractivity contribution < 1.29 is 9.53 Å². The number of nitrogens with zero attached hydrogens (tertiary/aromatic N) is 1. The molecule has 0 heterocycles. The van der Waals surface area contributed by atoms with Gasteiger partial charge in [0.1, 0.15) is 5.54 Å². The van der Waals surface area contributed by atoms with E-state index < -0.39 is 5.54 Å². The van der Waals surface area contributed by atoms with Crippen molar-refractivity contribution in [1.29, 1.82) is 0 Å². The number of unbranched alkanes of at least 4 members (excludes halogenated alkanes) is 8. The van der Waals surface area contributed by atoms with E-state index in [0.29, 0.717) is 0 Å². The van der Waals surface area contributed by atoms with Crippen molar-refractivity contribution in [2.24, 2.45) is 0 Å². The number of carbonyl (C=O) groups is 1.